The lowest BCUT2D eigenvalue weighted by Gasteiger charge is -2.16. The highest BCUT2D eigenvalue weighted by molar-refractivity contribution is 5.79. The van der Waals surface area contributed by atoms with Crippen LogP contribution in [-0.2, 0) is 14.3 Å². The van der Waals surface area contributed by atoms with Crippen molar-refractivity contribution in [2.24, 2.45) is 0 Å². The van der Waals surface area contributed by atoms with Crippen molar-refractivity contribution < 1.29 is 19.4 Å². The Hall–Kier alpha value is -0.870. The normalized spacial score (nSPS) is 25.7. The second-order valence-corrected chi connectivity index (χ2v) is 3.77. The summed E-state index contributed by atoms with van der Waals surface area (Å²) in [5.74, 6) is -1.39. The molecule has 0 amide bonds. The number of carbonyl (C=O) groups is 1. The third kappa shape index (κ3) is 3.89. The first-order valence-corrected chi connectivity index (χ1v) is 4.71. The summed E-state index contributed by atoms with van der Waals surface area (Å²) < 4.78 is 10.9. The van der Waals surface area contributed by atoms with Crippen molar-refractivity contribution in [1.82, 2.24) is 0 Å². The molecule has 1 N–H and O–H groups in total. The van der Waals surface area contributed by atoms with Crippen molar-refractivity contribution in [1.29, 1.82) is 0 Å². The molecule has 4 heteroatoms. The Kier molecular flexibility index (Phi) is 3.66. The molecule has 0 aromatic carbocycles. The van der Waals surface area contributed by atoms with Gasteiger partial charge in [0.05, 0.1) is 12.7 Å². The minimum absolute atomic E-state index is 0.0865. The molecule has 0 radical (unpaired) electrons. The molecule has 0 saturated carbocycles. The van der Waals surface area contributed by atoms with Crippen LogP contribution in [0.1, 0.15) is 26.7 Å². The molecule has 4 nitrogen and oxygen atoms in total. The van der Waals surface area contributed by atoms with Gasteiger partial charge in [-0.15, -0.1) is 0 Å². The summed E-state index contributed by atoms with van der Waals surface area (Å²) in [7, 11) is 0. The van der Waals surface area contributed by atoms with E-state index in [-0.39, 0.29) is 6.10 Å². The van der Waals surface area contributed by atoms with Gasteiger partial charge in [0, 0.05) is 6.08 Å². The summed E-state index contributed by atoms with van der Waals surface area (Å²) in [6.07, 6.45) is 4.38. The summed E-state index contributed by atoms with van der Waals surface area (Å²) in [6, 6.07) is 0. The van der Waals surface area contributed by atoms with Gasteiger partial charge in [0.1, 0.15) is 0 Å². The lowest BCUT2D eigenvalue weighted by Crippen LogP contribution is -2.21. The van der Waals surface area contributed by atoms with Gasteiger partial charge in [-0.3, -0.25) is 0 Å². The first kappa shape index (κ1) is 11.2. The summed E-state index contributed by atoms with van der Waals surface area (Å²) in [5.41, 5.74) is 0. The molecular weight excluding hydrogens is 184 g/mol. The molecule has 1 aliphatic rings. The molecule has 0 aromatic heterocycles. The number of allylic oxidation sites excluding steroid dienone is 1. The van der Waals surface area contributed by atoms with Gasteiger partial charge in [0.15, 0.2) is 5.79 Å². The largest absolute Gasteiger partial charge is 0.478 e. The Morgan fingerprint density at radius 1 is 1.64 bits per heavy atom. The van der Waals surface area contributed by atoms with Crippen molar-refractivity contribution in [3.63, 3.8) is 0 Å². The zero-order valence-electron chi connectivity index (χ0n) is 8.53. The van der Waals surface area contributed by atoms with E-state index in [2.05, 4.69) is 0 Å². The number of aliphatic carboxylic acids is 1. The van der Waals surface area contributed by atoms with Crippen LogP contribution in [0.2, 0.25) is 0 Å². The molecule has 0 aromatic rings. The fourth-order valence-electron chi connectivity index (χ4n) is 1.37. The number of carboxylic acids is 1. The van der Waals surface area contributed by atoms with E-state index in [1.165, 1.54) is 0 Å². The van der Waals surface area contributed by atoms with Gasteiger partial charge in [-0.05, 0) is 26.7 Å². The molecule has 1 aliphatic heterocycles. The van der Waals surface area contributed by atoms with Gasteiger partial charge in [-0.2, -0.15) is 0 Å². The van der Waals surface area contributed by atoms with Crippen LogP contribution in [0.25, 0.3) is 0 Å². The molecule has 0 spiro atoms. The maximum Gasteiger partial charge on any atom is 0.327 e. The van der Waals surface area contributed by atoms with Crippen LogP contribution in [0.4, 0.5) is 0 Å². The highest BCUT2D eigenvalue weighted by atomic mass is 16.7. The van der Waals surface area contributed by atoms with E-state index in [9.17, 15) is 4.79 Å². The molecular formula is C10H16O4. The van der Waals surface area contributed by atoms with Gasteiger partial charge < -0.3 is 14.6 Å². The molecule has 80 valence electrons. The van der Waals surface area contributed by atoms with E-state index < -0.39 is 11.8 Å². The first-order chi connectivity index (χ1) is 6.49. The van der Waals surface area contributed by atoms with Crippen LogP contribution >= 0.6 is 0 Å². The van der Waals surface area contributed by atoms with Gasteiger partial charge in [-0.1, -0.05) is 6.08 Å². The Labute approximate surface area is 83.5 Å². The molecule has 0 bridgehead atoms. The zero-order valence-corrected chi connectivity index (χ0v) is 8.53. The Bertz CT molecular complexity index is 232. The van der Waals surface area contributed by atoms with E-state index >= 15 is 0 Å². The highest BCUT2D eigenvalue weighted by Gasteiger charge is 2.31. The van der Waals surface area contributed by atoms with E-state index in [1.807, 2.05) is 13.8 Å². The molecule has 1 heterocycles. The Morgan fingerprint density at radius 3 is 2.86 bits per heavy atom. The SMILES string of the molecule is CC1(C)OC[C@H](CC/C=C/C(=O)O)O1. The van der Waals surface area contributed by atoms with E-state index in [4.69, 9.17) is 14.6 Å². The van der Waals surface area contributed by atoms with Crippen molar-refractivity contribution in [2.45, 2.75) is 38.6 Å². The van der Waals surface area contributed by atoms with Crippen LogP contribution in [-0.4, -0.2) is 29.6 Å². The average molecular weight is 200 g/mol. The summed E-state index contributed by atoms with van der Waals surface area (Å²) in [4.78, 5) is 10.2. The van der Waals surface area contributed by atoms with Crippen molar-refractivity contribution in [3.05, 3.63) is 12.2 Å². The molecule has 1 rings (SSSR count). The average Bonchev–Trinajstić information content (AvgIpc) is 2.39. The fourth-order valence-corrected chi connectivity index (χ4v) is 1.37. The minimum Gasteiger partial charge on any atom is -0.478 e. The Morgan fingerprint density at radius 2 is 2.36 bits per heavy atom. The van der Waals surface area contributed by atoms with Gasteiger partial charge in [0.2, 0.25) is 0 Å². The van der Waals surface area contributed by atoms with Crippen LogP contribution in [0, 0.1) is 0 Å². The molecule has 1 saturated heterocycles. The Balaban J connectivity index is 2.18. The third-order valence-electron chi connectivity index (χ3n) is 1.98. The first-order valence-electron chi connectivity index (χ1n) is 4.71. The van der Waals surface area contributed by atoms with Crippen LogP contribution in [0.5, 0.6) is 0 Å². The quantitative estimate of drug-likeness (QED) is 0.700. The highest BCUT2D eigenvalue weighted by Crippen LogP contribution is 2.24. The summed E-state index contributed by atoms with van der Waals surface area (Å²) in [6.45, 7) is 4.34. The number of rotatable bonds is 4. The molecule has 1 fully saturated rings. The predicted molar refractivity (Wildman–Crippen MR) is 50.9 cm³/mol. The van der Waals surface area contributed by atoms with Crippen LogP contribution in [0.15, 0.2) is 12.2 Å². The fraction of sp³-hybridized carbons (Fsp3) is 0.700. The topological polar surface area (TPSA) is 55.8 Å². The van der Waals surface area contributed by atoms with Gasteiger partial charge >= 0.3 is 5.97 Å². The minimum atomic E-state index is -0.908. The second kappa shape index (κ2) is 4.57. The number of carboxylic acid groups (broad SMARTS) is 1. The van der Waals surface area contributed by atoms with Crippen molar-refractivity contribution in [3.8, 4) is 0 Å². The number of hydrogen-bond donors (Lipinski definition) is 1. The van der Waals surface area contributed by atoms with E-state index in [0.29, 0.717) is 13.0 Å². The molecule has 1 atom stereocenters. The van der Waals surface area contributed by atoms with E-state index in [1.54, 1.807) is 6.08 Å². The molecule has 0 unspecified atom stereocenters. The summed E-state index contributed by atoms with van der Waals surface area (Å²) >= 11 is 0. The van der Waals surface area contributed by atoms with Crippen LogP contribution in [0.3, 0.4) is 0 Å². The van der Waals surface area contributed by atoms with Crippen molar-refractivity contribution in [2.75, 3.05) is 6.61 Å². The smallest absolute Gasteiger partial charge is 0.327 e. The monoisotopic (exact) mass is 200 g/mol. The zero-order chi connectivity index (χ0) is 10.6. The van der Waals surface area contributed by atoms with E-state index in [0.717, 1.165) is 12.5 Å². The lowest BCUT2D eigenvalue weighted by atomic mass is 10.2. The second-order valence-electron chi connectivity index (χ2n) is 3.77. The standard InChI is InChI=1S/C10H16O4/c1-10(2)13-7-8(14-10)5-3-4-6-9(11)12/h4,6,8H,3,5,7H2,1-2H3,(H,11,12)/b6-4+/t8-/m0/s1. The predicted octanol–water partition coefficient (Wildman–Crippen LogP) is 1.56. The number of hydrogen-bond acceptors (Lipinski definition) is 3. The van der Waals surface area contributed by atoms with Gasteiger partial charge in [-0.25, -0.2) is 4.79 Å². The maximum atomic E-state index is 10.2. The lowest BCUT2D eigenvalue weighted by molar-refractivity contribution is -0.138. The summed E-state index contributed by atoms with van der Waals surface area (Å²) in [5, 5.41) is 8.35. The van der Waals surface area contributed by atoms with Crippen molar-refractivity contribution >= 4 is 5.97 Å². The molecule has 0 aliphatic carbocycles. The van der Waals surface area contributed by atoms with Gasteiger partial charge in [0.25, 0.3) is 0 Å². The van der Waals surface area contributed by atoms with Crippen LogP contribution < -0.4 is 0 Å². The molecule has 14 heavy (non-hydrogen) atoms. The third-order valence-corrected chi connectivity index (χ3v) is 1.98. The maximum absolute atomic E-state index is 10.2. The number of ether oxygens (including phenoxy) is 2.